The van der Waals surface area contributed by atoms with Gasteiger partial charge in [-0.3, -0.25) is 9.59 Å². The van der Waals surface area contributed by atoms with Crippen molar-refractivity contribution in [1.82, 2.24) is 10.2 Å². The minimum atomic E-state index is -0.570. The van der Waals surface area contributed by atoms with Gasteiger partial charge in [-0.25, -0.2) is 0 Å². The molecule has 0 unspecified atom stereocenters. The SMILES string of the molecule is Cc1ccccc1CC(=O)N(Cc1ccccc1)[C@H](Cc1ccccc1)C(=O)NC1CCCC1. The van der Waals surface area contributed by atoms with Gasteiger partial charge in [0, 0.05) is 19.0 Å². The van der Waals surface area contributed by atoms with E-state index in [0.29, 0.717) is 13.0 Å². The quantitative estimate of drug-likeness (QED) is 0.481. The fourth-order valence-electron chi connectivity index (χ4n) is 4.77. The summed E-state index contributed by atoms with van der Waals surface area (Å²) in [4.78, 5) is 29.2. The molecule has 0 aromatic heterocycles. The van der Waals surface area contributed by atoms with Gasteiger partial charge in [0.2, 0.25) is 11.8 Å². The Morgan fingerprint density at radius 3 is 2.09 bits per heavy atom. The molecule has 0 saturated heterocycles. The number of amides is 2. The molecule has 0 spiro atoms. The van der Waals surface area contributed by atoms with E-state index in [4.69, 9.17) is 0 Å². The zero-order valence-corrected chi connectivity index (χ0v) is 20.0. The van der Waals surface area contributed by atoms with E-state index in [2.05, 4.69) is 5.32 Å². The average molecular weight is 455 g/mol. The molecule has 4 nitrogen and oxygen atoms in total. The first kappa shape index (κ1) is 23.7. The number of aryl methyl sites for hydroxylation is 1. The van der Waals surface area contributed by atoms with Crippen molar-refractivity contribution < 1.29 is 9.59 Å². The second kappa shape index (κ2) is 11.6. The lowest BCUT2D eigenvalue weighted by molar-refractivity contribution is -0.141. The Morgan fingerprint density at radius 2 is 1.44 bits per heavy atom. The highest BCUT2D eigenvalue weighted by Gasteiger charge is 2.32. The number of hydrogen-bond donors (Lipinski definition) is 1. The number of benzene rings is 3. The molecular weight excluding hydrogens is 420 g/mol. The van der Waals surface area contributed by atoms with Crippen molar-refractivity contribution in [3.05, 3.63) is 107 Å². The number of hydrogen-bond acceptors (Lipinski definition) is 2. The summed E-state index contributed by atoms with van der Waals surface area (Å²) >= 11 is 0. The van der Waals surface area contributed by atoms with Crippen molar-refractivity contribution in [2.45, 2.75) is 64.1 Å². The largest absolute Gasteiger partial charge is 0.352 e. The Hall–Kier alpha value is -3.40. The van der Waals surface area contributed by atoms with Crippen LogP contribution in [0.3, 0.4) is 0 Å². The smallest absolute Gasteiger partial charge is 0.243 e. The van der Waals surface area contributed by atoms with Gasteiger partial charge in [-0.2, -0.15) is 0 Å². The molecule has 176 valence electrons. The van der Waals surface area contributed by atoms with Crippen LogP contribution in [0.15, 0.2) is 84.9 Å². The van der Waals surface area contributed by atoms with E-state index >= 15 is 0 Å². The highest BCUT2D eigenvalue weighted by Crippen LogP contribution is 2.21. The summed E-state index contributed by atoms with van der Waals surface area (Å²) < 4.78 is 0. The Kier molecular flexibility index (Phi) is 8.13. The van der Waals surface area contributed by atoms with Crippen LogP contribution in [0, 0.1) is 6.92 Å². The summed E-state index contributed by atoms with van der Waals surface area (Å²) in [6, 6.07) is 27.6. The lowest BCUT2D eigenvalue weighted by Gasteiger charge is -2.32. The van der Waals surface area contributed by atoms with Crippen molar-refractivity contribution in [3.63, 3.8) is 0 Å². The predicted octanol–water partition coefficient (Wildman–Crippen LogP) is 5.24. The molecular formula is C30H34N2O2. The number of carbonyl (C=O) groups excluding carboxylic acids is 2. The first-order valence-electron chi connectivity index (χ1n) is 12.3. The molecule has 3 aromatic carbocycles. The summed E-state index contributed by atoms with van der Waals surface area (Å²) in [6.45, 7) is 2.43. The molecule has 1 atom stereocenters. The van der Waals surface area contributed by atoms with Gasteiger partial charge in [-0.15, -0.1) is 0 Å². The molecule has 3 aromatic rings. The number of carbonyl (C=O) groups is 2. The minimum Gasteiger partial charge on any atom is -0.352 e. The van der Waals surface area contributed by atoms with Crippen LogP contribution in [0.4, 0.5) is 0 Å². The van der Waals surface area contributed by atoms with Gasteiger partial charge >= 0.3 is 0 Å². The molecule has 1 aliphatic carbocycles. The number of nitrogens with one attached hydrogen (secondary N) is 1. The third-order valence-corrected chi connectivity index (χ3v) is 6.77. The molecule has 1 saturated carbocycles. The number of nitrogens with zero attached hydrogens (tertiary/aromatic N) is 1. The summed E-state index contributed by atoms with van der Waals surface area (Å²) in [5, 5.41) is 3.26. The van der Waals surface area contributed by atoms with Crippen LogP contribution in [0.2, 0.25) is 0 Å². The average Bonchev–Trinajstić information content (AvgIpc) is 3.37. The Morgan fingerprint density at radius 1 is 0.853 bits per heavy atom. The fourth-order valence-corrected chi connectivity index (χ4v) is 4.77. The minimum absolute atomic E-state index is 0.0272. The first-order chi connectivity index (χ1) is 16.6. The maximum absolute atomic E-state index is 13.8. The van der Waals surface area contributed by atoms with Gasteiger partial charge < -0.3 is 10.2 Å². The molecule has 0 bridgehead atoms. The second-order valence-electron chi connectivity index (χ2n) is 9.31. The van der Waals surface area contributed by atoms with E-state index in [1.165, 1.54) is 0 Å². The first-order valence-corrected chi connectivity index (χ1v) is 12.3. The van der Waals surface area contributed by atoms with Gasteiger partial charge in [-0.1, -0.05) is 97.8 Å². The highest BCUT2D eigenvalue weighted by atomic mass is 16.2. The second-order valence-corrected chi connectivity index (χ2v) is 9.31. The molecule has 1 aliphatic rings. The van der Waals surface area contributed by atoms with Crippen LogP contribution in [-0.4, -0.2) is 28.8 Å². The van der Waals surface area contributed by atoms with E-state index in [0.717, 1.165) is 47.9 Å². The molecule has 1 fully saturated rings. The van der Waals surface area contributed by atoms with E-state index < -0.39 is 6.04 Å². The normalized spacial score (nSPS) is 14.5. The Bertz CT molecular complexity index is 1080. The molecule has 0 radical (unpaired) electrons. The maximum atomic E-state index is 13.8. The predicted molar refractivity (Wildman–Crippen MR) is 136 cm³/mol. The van der Waals surface area contributed by atoms with Gasteiger partial charge in [0.05, 0.1) is 6.42 Å². The zero-order valence-electron chi connectivity index (χ0n) is 20.0. The van der Waals surface area contributed by atoms with Crippen molar-refractivity contribution in [2.75, 3.05) is 0 Å². The fraction of sp³-hybridized carbons (Fsp3) is 0.333. The van der Waals surface area contributed by atoms with E-state index in [-0.39, 0.29) is 24.3 Å². The van der Waals surface area contributed by atoms with Gasteiger partial charge in [-0.05, 0) is 42.0 Å². The standard InChI is InChI=1S/C30H34N2O2/c1-23-12-8-9-17-26(23)21-29(33)32(22-25-15-6-3-7-16-25)28(20-24-13-4-2-5-14-24)30(34)31-27-18-10-11-19-27/h2-9,12-17,27-28H,10-11,18-22H2,1H3,(H,31,34)/t28-/m1/s1. The maximum Gasteiger partial charge on any atom is 0.243 e. The summed E-state index contributed by atoms with van der Waals surface area (Å²) in [5.41, 5.74) is 4.16. The molecule has 34 heavy (non-hydrogen) atoms. The zero-order chi connectivity index (χ0) is 23.8. The van der Waals surface area contributed by atoms with Crippen molar-refractivity contribution in [3.8, 4) is 0 Å². The van der Waals surface area contributed by atoms with Crippen LogP contribution in [0.5, 0.6) is 0 Å². The monoisotopic (exact) mass is 454 g/mol. The topological polar surface area (TPSA) is 49.4 Å². The summed E-state index contributed by atoms with van der Waals surface area (Å²) in [5.74, 6) is -0.0783. The molecule has 4 heteroatoms. The third-order valence-electron chi connectivity index (χ3n) is 6.77. The number of rotatable bonds is 9. The molecule has 1 N–H and O–H groups in total. The van der Waals surface area contributed by atoms with E-state index in [1.54, 1.807) is 4.90 Å². The third kappa shape index (κ3) is 6.34. The van der Waals surface area contributed by atoms with Crippen LogP contribution in [0.1, 0.15) is 47.9 Å². The lowest BCUT2D eigenvalue weighted by Crippen LogP contribution is -2.52. The molecule has 0 heterocycles. The van der Waals surface area contributed by atoms with Crippen LogP contribution >= 0.6 is 0 Å². The van der Waals surface area contributed by atoms with Gasteiger partial charge in [0.25, 0.3) is 0 Å². The van der Waals surface area contributed by atoms with Crippen LogP contribution in [0.25, 0.3) is 0 Å². The summed E-state index contributed by atoms with van der Waals surface area (Å²) in [7, 11) is 0. The van der Waals surface area contributed by atoms with Crippen molar-refractivity contribution >= 4 is 11.8 Å². The Balaban J connectivity index is 1.65. The lowest BCUT2D eigenvalue weighted by atomic mass is 10.00. The molecule has 4 rings (SSSR count). The van der Waals surface area contributed by atoms with Crippen molar-refractivity contribution in [1.29, 1.82) is 0 Å². The van der Waals surface area contributed by atoms with Gasteiger partial charge in [0.15, 0.2) is 0 Å². The van der Waals surface area contributed by atoms with Crippen LogP contribution < -0.4 is 5.32 Å². The molecule has 2 amide bonds. The molecule has 0 aliphatic heterocycles. The van der Waals surface area contributed by atoms with Crippen LogP contribution in [-0.2, 0) is 29.0 Å². The highest BCUT2D eigenvalue weighted by molar-refractivity contribution is 5.89. The summed E-state index contributed by atoms with van der Waals surface area (Å²) in [6.07, 6.45) is 5.09. The van der Waals surface area contributed by atoms with Gasteiger partial charge in [0.1, 0.15) is 6.04 Å². The Labute approximate surface area is 203 Å². The van der Waals surface area contributed by atoms with Crippen molar-refractivity contribution in [2.24, 2.45) is 0 Å². The van der Waals surface area contributed by atoms with E-state index in [1.807, 2.05) is 91.9 Å². The van der Waals surface area contributed by atoms with E-state index in [9.17, 15) is 9.59 Å².